The molecule has 1 aromatic carbocycles. The van der Waals surface area contributed by atoms with Crippen LogP contribution in [0.3, 0.4) is 0 Å². The standard InChI is InChI=1S/C18H19F3N4O3/c19-18(20,21)14-6-7-15(24-11-14)22-8-1-9-23-17(28)25-10-12-2-4-13(5-3-12)16(26)27/h2-7,11H,1,8-10H2,(H,22,24)(H,26,27)(H2,23,25,28). The molecule has 4 N–H and O–H groups in total. The van der Waals surface area contributed by atoms with Crippen LogP contribution in [0.1, 0.15) is 27.9 Å². The monoisotopic (exact) mass is 396 g/mol. The third kappa shape index (κ3) is 6.78. The first-order valence-electron chi connectivity index (χ1n) is 8.37. The summed E-state index contributed by atoms with van der Waals surface area (Å²) in [7, 11) is 0. The Kier molecular flexibility index (Phi) is 7.19. The molecule has 0 aliphatic carbocycles. The van der Waals surface area contributed by atoms with Crippen molar-refractivity contribution in [1.29, 1.82) is 0 Å². The van der Waals surface area contributed by atoms with Gasteiger partial charge in [-0.3, -0.25) is 0 Å². The number of carboxylic acids is 1. The van der Waals surface area contributed by atoms with Crippen molar-refractivity contribution < 1.29 is 27.9 Å². The Labute approximate surface area is 159 Å². The van der Waals surface area contributed by atoms with Gasteiger partial charge in [0.25, 0.3) is 0 Å². The van der Waals surface area contributed by atoms with Crippen molar-refractivity contribution >= 4 is 17.8 Å². The number of halogens is 3. The lowest BCUT2D eigenvalue weighted by Gasteiger charge is -2.10. The molecular formula is C18H19F3N4O3. The fraction of sp³-hybridized carbons (Fsp3) is 0.278. The van der Waals surface area contributed by atoms with E-state index in [1.54, 1.807) is 12.1 Å². The molecule has 2 amide bonds. The van der Waals surface area contributed by atoms with Crippen molar-refractivity contribution in [2.24, 2.45) is 0 Å². The van der Waals surface area contributed by atoms with Gasteiger partial charge in [0.2, 0.25) is 0 Å². The molecule has 150 valence electrons. The number of hydrogen-bond donors (Lipinski definition) is 4. The number of nitrogens with zero attached hydrogens (tertiary/aromatic N) is 1. The number of benzene rings is 1. The second kappa shape index (κ2) is 9.58. The van der Waals surface area contributed by atoms with Crippen LogP contribution in [-0.4, -0.2) is 35.2 Å². The van der Waals surface area contributed by atoms with Gasteiger partial charge >= 0.3 is 18.2 Å². The predicted molar refractivity (Wildman–Crippen MR) is 96.0 cm³/mol. The van der Waals surface area contributed by atoms with Crippen LogP contribution in [0.15, 0.2) is 42.6 Å². The Morgan fingerprint density at radius 2 is 1.71 bits per heavy atom. The smallest absolute Gasteiger partial charge is 0.417 e. The summed E-state index contributed by atoms with van der Waals surface area (Å²) in [4.78, 5) is 26.2. The maximum Gasteiger partial charge on any atom is 0.417 e. The summed E-state index contributed by atoms with van der Waals surface area (Å²) in [5, 5.41) is 17.0. The number of nitrogens with one attached hydrogen (secondary N) is 3. The Morgan fingerprint density at radius 1 is 1.00 bits per heavy atom. The highest BCUT2D eigenvalue weighted by Gasteiger charge is 2.30. The highest BCUT2D eigenvalue weighted by molar-refractivity contribution is 5.87. The number of carboxylic acid groups (broad SMARTS) is 1. The first-order valence-corrected chi connectivity index (χ1v) is 8.37. The molecule has 2 aromatic rings. The van der Waals surface area contributed by atoms with E-state index < -0.39 is 17.7 Å². The number of carbonyl (C=O) groups is 2. The van der Waals surface area contributed by atoms with Gasteiger partial charge in [0.15, 0.2) is 0 Å². The summed E-state index contributed by atoms with van der Waals surface area (Å²) in [5.41, 5.74) is 0.118. The molecule has 10 heteroatoms. The molecule has 0 aliphatic rings. The van der Waals surface area contributed by atoms with E-state index >= 15 is 0 Å². The van der Waals surface area contributed by atoms with Crippen molar-refractivity contribution in [3.8, 4) is 0 Å². The minimum Gasteiger partial charge on any atom is -0.478 e. The van der Waals surface area contributed by atoms with E-state index in [1.807, 2.05) is 0 Å². The fourth-order valence-corrected chi connectivity index (χ4v) is 2.18. The van der Waals surface area contributed by atoms with Crippen LogP contribution in [0.25, 0.3) is 0 Å². The van der Waals surface area contributed by atoms with Gasteiger partial charge < -0.3 is 21.1 Å². The van der Waals surface area contributed by atoms with Gasteiger partial charge in [-0.05, 0) is 36.2 Å². The van der Waals surface area contributed by atoms with Gasteiger partial charge in [-0.1, -0.05) is 12.1 Å². The van der Waals surface area contributed by atoms with Crippen LogP contribution in [0, 0.1) is 0 Å². The third-order valence-electron chi connectivity index (χ3n) is 3.69. The minimum atomic E-state index is -4.42. The van der Waals surface area contributed by atoms with E-state index in [-0.39, 0.29) is 18.1 Å². The normalized spacial score (nSPS) is 11.0. The number of anilines is 1. The SMILES string of the molecule is O=C(NCCCNc1ccc(C(F)(F)F)cn1)NCc1ccc(C(=O)O)cc1. The second-order valence-corrected chi connectivity index (χ2v) is 5.82. The molecule has 0 saturated carbocycles. The van der Waals surface area contributed by atoms with Gasteiger partial charge in [0, 0.05) is 25.8 Å². The average Bonchev–Trinajstić information content (AvgIpc) is 2.66. The second-order valence-electron chi connectivity index (χ2n) is 5.82. The molecular weight excluding hydrogens is 377 g/mol. The molecule has 0 unspecified atom stereocenters. The Balaban J connectivity index is 1.61. The van der Waals surface area contributed by atoms with E-state index in [0.717, 1.165) is 17.8 Å². The number of rotatable bonds is 8. The quantitative estimate of drug-likeness (QED) is 0.514. The molecule has 0 spiro atoms. The van der Waals surface area contributed by atoms with Crippen LogP contribution >= 0.6 is 0 Å². The van der Waals surface area contributed by atoms with Crippen molar-refractivity contribution in [1.82, 2.24) is 15.6 Å². The summed E-state index contributed by atoms with van der Waals surface area (Å²) in [6.45, 7) is 1.03. The lowest BCUT2D eigenvalue weighted by Crippen LogP contribution is -2.36. The zero-order valence-corrected chi connectivity index (χ0v) is 14.7. The van der Waals surface area contributed by atoms with Gasteiger partial charge in [-0.2, -0.15) is 13.2 Å². The summed E-state index contributed by atoms with van der Waals surface area (Å²) in [6, 6.07) is 7.96. The fourth-order valence-electron chi connectivity index (χ4n) is 2.18. The van der Waals surface area contributed by atoms with Crippen LogP contribution < -0.4 is 16.0 Å². The first-order chi connectivity index (χ1) is 13.3. The largest absolute Gasteiger partial charge is 0.478 e. The number of amides is 2. The molecule has 0 atom stereocenters. The van der Waals surface area contributed by atoms with Crippen molar-refractivity contribution in [3.05, 3.63) is 59.3 Å². The lowest BCUT2D eigenvalue weighted by atomic mass is 10.1. The summed E-state index contributed by atoms with van der Waals surface area (Å²) in [6.07, 6.45) is -3.11. The van der Waals surface area contributed by atoms with Gasteiger partial charge in [-0.15, -0.1) is 0 Å². The predicted octanol–water partition coefficient (Wildman–Crippen LogP) is 3.10. The van der Waals surface area contributed by atoms with Gasteiger partial charge in [-0.25, -0.2) is 14.6 Å². The van der Waals surface area contributed by atoms with Crippen molar-refractivity contribution in [3.63, 3.8) is 0 Å². The van der Waals surface area contributed by atoms with Gasteiger partial charge in [0.05, 0.1) is 11.1 Å². The number of pyridine rings is 1. The van der Waals surface area contributed by atoms with Crippen LogP contribution in [-0.2, 0) is 12.7 Å². The molecule has 1 aromatic heterocycles. The van der Waals surface area contributed by atoms with Crippen molar-refractivity contribution in [2.45, 2.75) is 19.1 Å². The molecule has 0 bridgehead atoms. The molecule has 28 heavy (non-hydrogen) atoms. The molecule has 2 rings (SSSR count). The minimum absolute atomic E-state index is 0.170. The lowest BCUT2D eigenvalue weighted by molar-refractivity contribution is -0.137. The molecule has 0 radical (unpaired) electrons. The number of hydrogen-bond acceptors (Lipinski definition) is 4. The molecule has 0 fully saturated rings. The Bertz CT molecular complexity index is 793. The van der Waals surface area contributed by atoms with E-state index in [0.29, 0.717) is 25.3 Å². The maximum absolute atomic E-state index is 12.4. The Hall–Kier alpha value is -3.30. The molecule has 0 saturated heterocycles. The zero-order valence-electron chi connectivity index (χ0n) is 14.7. The maximum atomic E-state index is 12.4. The van der Waals surface area contributed by atoms with E-state index in [9.17, 15) is 22.8 Å². The van der Waals surface area contributed by atoms with Gasteiger partial charge in [0.1, 0.15) is 5.82 Å². The Morgan fingerprint density at radius 3 is 2.29 bits per heavy atom. The summed E-state index contributed by atoms with van der Waals surface area (Å²) < 4.78 is 37.3. The average molecular weight is 396 g/mol. The molecule has 7 nitrogen and oxygen atoms in total. The van der Waals surface area contributed by atoms with Crippen LogP contribution in [0.5, 0.6) is 0 Å². The first kappa shape index (κ1) is 21.0. The number of alkyl halides is 3. The number of aromatic nitrogens is 1. The third-order valence-corrected chi connectivity index (χ3v) is 3.69. The van der Waals surface area contributed by atoms with E-state index in [1.165, 1.54) is 18.2 Å². The number of urea groups is 1. The number of aromatic carboxylic acids is 1. The van der Waals surface area contributed by atoms with E-state index in [4.69, 9.17) is 5.11 Å². The molecule has 0 aliphatic heterocycles. The molecule has 1 heterocycles. The number of carbonyl (C=O) groups excluding carboxylic acids is 1. The zero-order chi connectivity index (χ0) is 20.6. The van der Waals surface area contributed by atoms with Crippen LogP contribution in [0.4, 0.5) is 23.8 Å². The van der Waals surface area contributed by atoms with E-state index in [2.05, 4.69) is 20.9 Å². The highest BCUT2D eigenvalue weighted by Crippen LogP contribution is 2.28. The highest BCUT2D eigenvalue weighted by atomic mass is 19.4. The van der Waals surface area contributed by atoms with Crippen molar-refractivity contribution in [2.75, 3.05) is 18.4 Å². The topological polar surface area (TPSA) is 103 Å². The van der Waals surface area contributed by atoms with Crippen LogP contribution in [0.2, 0.25) is 0 Å². The summed E-state index contributed by atoms with van der Waals surface area (Å²) in [5.74, 6) is -0.695. The summed E-state index contributed by atoms with van der Waals surface area (Å²) >= 11 is 0.